The standard InChI is InChI=1S/C20H23NO/c1-22-17-10-11-19-16(14-17)8-5-13-21-12-4-7-15-6-2-3-9-18(15)20(19)21/h2-3,6,9-11,14,20H,4-5,7-8,12-13H2,1H3/t20-/m1/s1. The van der Waals surface area contributed by atoms with Crippen LogP contribution in [0.3, 0.4) is 0 Å². The Balaban J connectivity index is 1.88. The second kappa shape index (κ2) is 5.77. The fourth-order valence-electron chi connectivity index (χ4n) is 4.10. The monoisotopic (exact) mass is 293 g/mol. The number of rotatable bonds is 1. The third-order valence-corrected chi connectivity index (χ3v) is 5.14. The topological polar surface area (TPSA) is 12.5 Å². The van der Waals surface area contributed by atoms with Crippen LogP contribution in [0.1, 0.15) is 41.1 Å². The van der Waals surface area contributed by atoms with Gasteiger partial charge in [-0.1, -0.05) is 30.3 Å². The molecule has 2 heterocycles. The first-order valence-corrected chi connectivity index (χ1v) is 8.35. The van der Waals surface area contributed by atoms with Gasteiger partial charge in [-0.2, -0.15) is 0 Å². The van der Waals surface area contributed by atoms with Crippen LogP contribution in [-0.2, 0) is 12.8 Å². The molecule has 0 saturated carbocycles. The lowest BCUT2D eigenvalue weighted by Crippen LogP contribution is -2.29. The quantitative estimate of drug-likeness (QED) is 0.788. The second-order valence-corrected chi connectivity index (χ2v) is 6.41. The fraction of sp³-hybridized carbons (Fsp3) is 0.400. The zero-order chi connectivity index (χ0) is 14.9. The van der Waals surface area contributed by atoms with Crippen LogP contribution < -0.4 is 4.74 Å². The molecule has 0 bridgehead atoms. The summed E-state index contributed by atoms with van der Waals surface area (Å²) in [7, 11) is 1.76. The van der Waals surface area contributed by atoms with Gasteiger partial charge in [-0.05, 0) is 73.2 Å². The van der Waals surface area contributed by atoms with Gasteiger partial charge in [0.25, 0.3) is 0 Å². The SMILES string of the molecule is COc1ccc2c(c1)CCCN1CCCc3ccccc3[C@H]21. The summed E-state index contributed by atoms with van der Waals surface area (Å²) in [5.74, 6) is 0.981. The van der Waals surface area contributed by atoms with Gasteiger partial charge in [0.1, 0.15) is 5.75 Å². The molecule has 2 aliphatic heterocycles. The van der Waals surface area contributed by atoms with Gasteiger partial charge in [0.15, 0.2) is 0 Å². The van der Waals surface area contributed by atoms with Crippen molar-refractivity contribution in [2.45, 2.75) is 31.7 Å². The Bertz CT molecular complexity index is 679. The lowest BCUT2D eigenvalue weighted by atomic mass is 9.90. The van der Waals surface area contributed by atoms with E-state index in [4.69, 9.17) is 4.74 Å². The van der Waals surface area contributed by atoms with Crippen LogP contribution >= 0.6 is 0 Å². The van der Waals surface area contributed by atoms with Crippen LogP contribution in [0.5, 0.6) is 5.75 Å². The molecule has 0 amide bonds. The molecule has 0 N–H and O–H groups in total. The molecule has 0 unspecified atom stereocenters. The molecule has 0 radical (unpaired) electrons. The molecule has 0 spiro atoms. The minimum atomic E-state index is 0.419. The smallest absolute Gasteiger partial charge is 0.119 e. The second-order valence-electron chi connectivity index (χ2n) is 6.41. The van der Waals surface area contributed by atoms with Gasteiger partial charge in [-0.25, -0.2) is 0 Å². The van der Waals surface area contributed by atoms with Gasteiger partial charge >= 0.3 is 0 Å². The Morgan fingerprint density at radius 3 is 2.45 bits per heavy atom. The van der Waals surface area contributed by atoms with Gasteiger partial charge in [0.2, 0.25) is 0 Å². The summed E-state index contributed by atoms with van der Waals surface area (Å²) in [6.45, 7) is 2.39. The average molecular weight is 293 g/mol. The number of nitrogens with zero attached hydrogens (tertiary/aromatic N) is 1. The van der Waals surface area contributed by atoms with Gasteiger partial charge in [-0.15, -0.1) is 0 Å². The third-order valence-electron chi connectivity index (χ3n) is 5.14. The minimum absolute atomic E-state index is 0.419. The summed E-state index contributed by atoms with van der Waals surface area (Å²) in [6.07, 6.45) is 4.86. The molecule has 2 aromatic rings. The number of benzene rings is 2. The van der Waals surface area contributed by atoms with Crippen molar-refractivity contribution in [3.05, 3.63) is 64.7 Å². The molecule has 2 aliphatic rings. The van der Waals surface area contributed by atoms with E-state index >= 15 is 0 Å². The van der Waals surface area contributed by atoms with Crippen molar-refractivity contribution >= 4 is 0 Å². The maximum atomic E-state index is 5.44. The van der Waals surface area contributed by atoms with Crippen LogP contribution in [-0.4, -0.2) is 25.1 Å². The molecule has 2 aromatic carbocycles. The van der Waals surface area contributed by atoms with E-state index in [-0.39, 0.29) is 0 Å². The van der Waals surface area contributed by atoms with Crippen LogP contribution in [0, 0.1) is 0 Å². The normalized spacial score (nSPS) is 21.0. The Morgan fingerprint density at radius 2 is 1.64 bits per heavy atom. The molecule has 0 fully saturated rings. The Morgan fingerprint density at radius 1 is 0.909 bits per heavy atom. The van der Waals surface area contributed by atoms with E-state index in [0.717, 1.165) is 12.2 Å². The fourth-order valence-corrected chi connectivity index (χ4v) is 4.10. The first kappa shape index (κ1) is 13.8. The predicted molar refractivity (Wildman–Crippen MR) is 89.5 cm³/mol. The number of hydrogen-bond donors (Lipinski definition) is 0. The van der Waals surface area contributed by atoms with Gasteiger partial charge in [0, 0.05) is 0 Å². The number of ether oxygens (including phenoxy) is 1. The lowest BCUT2D eigenvalue weighted by Gasteiger charge is -2.30. The van der Waals surface area contributed by atoms with Gasteiger partial charge in [-0.3, -0.25) is 4.90 Å². The summed E-state index contributed by atoms with van der Waals surface area (Å²) in [6, 6.07) is 16.1. The highest BCUT2D eigenvalue weighted by molar-refractivity contribution is 5.45. The van der Waals surface area contributed by atoms with E-state index in [0.29, 0.717) is 6.04 Å². The Labute approximate surface area is 132 Å². The zero-order valence-corrected chi connectivity index (χ0v) is 13.2. The highest BCUT2D eigenvalue weighted by Gasteiger charge is 2.30. The number of aryl methyl sites for hydroxylation is 2. The zero-order valence-electron chi connectivity index (χ0n) is 13.2. The molecule has 114 valence electrons. The van der Waals surface area contributed by atoms with Gasteiger partial charge in [0.05, 0.1) is 13.2 Å². The van der Waals surface area contributed by atoms with E-state index in [9.17, 15) is 0 Å². The van der Waals surface area contributed by atoms with Crippen molar-refractivity contribution in [2.75, 3.05) is 20.2 Å². The summed E-state index contributed by atoms with van der Waals surface area (Å²) in [5.41, 5.74) is 5.98. The largest absolute Gasteiger partial charge is 0.497 e. The van der Waals surface area contributed by atoms with Crippen molar-refractivity contribution in [1.82, 2.24) is 4.90 Å². The summed E-state index contributed by atoms with van der Waals surface area (Å²) < 4.78 is 5.44. The van der Waals surface area contributed by atoms with E-state index in [2.05, 4.69) is 47.4 Å². The van der Waals surface area contributed by atoms with Crippen LogP contribution in [0.15, 0.2) is 42.5 Å². The molecule has 0 saturated heterocycles. The lowest BCUT2D eigenvalue weighted by molar-refractivity contribution is 0.234. The first-order valence-electron chi connectivity index (χ1n) is 8.35. The van der Waals surface area contributed by atoms with Crippen LogP contribution in [0.2, 0.25) is 0 Å². The van der Waals surface area contributed by atoms with Crippen molar-refractivity contribution in [1.29, 1.82) is 0 Å². The van der Waals surface area contributed by atoms with Crippen LogP contribution in [0.4, 0.5) is 0 Å². The Hall–Kier alpha value is -1.80. The number of hydrogen-bond acceptors (Lipinski definition) is 2. The van der Waals surface area contributed by atoms with Crippen LogP contribution in [0.25, 0.3) is 0 Å². The van der Waals surface area contributed by atoms with Crippen molar-refractivity contribution in [3.63, 3.8) is 0 Å². The molecule has 1 atom stereocenters. The maximum absolute atomic E-state index is 5.44. The maximum Gasteiger partial charge on any atom is 0.119 e. The van der Waals surface area contributed by atoms with E-state index in [1.54, 1.807) is 7.11 Å². The molecule has 2 nitrogen and oxygen atoms in total. The summed E-state index contributed by atoms with van der Waals surface area (Å²) in [5, 5.41) is 0. The molecule has 0 aromatic heterocycles. The van der Waals surface area contributed by atoms with Crippen molar-refractivity contribution in [3.8, 4) is 5.75 Å². The molecule has 2 heteroatoms. The molecule has 4 rings (SSSR count). The Kier molecular flexibility index (Phi) is 3.63. The highest BCUT2D eigenvalue weighted by atomic mass is 16.5. The van der Waals surface area contributed by atoms with E-state index < -0.39 is 0 Å². The van der Waals surface area contributed by atoms with E-state index in [1.807, 2.05) is 0 Å². The molecule has 0 aliphatic carbocycles. The molecular weight excluding hydrogens is 270 g/mol. The molecular formula is C20H23NO. The minimum Gasteiger partial charge on any atom is -0.497 e. The first-order chi connectivity index (χ1) is 10.9. The number of fused-ring (bicyclic) bond motifs is 5. The molecule has 22 heavy (non-hydrogen) atoms. The predicted octanol–water partition coefficient (Wildman–Crippen LogP) is 3.98. The third kappa shape index (κ3) is 2.32. The van der Waals surface area contributed by atoms with Gasteiger partial charge < -0.3 is 4.74 Å². The van der Waals surface area contributed by atoms with Crippen molar-refractivity contribution in [2.24, 2.45) is 0 Å². The van der Waals surface area contributed by atoms with Crippen molar-refractivity contribution < 1.29 is 4.74 Å². The summed E-state index contributed by atoms with van der Waals surface area (Å²) >= 11 is 0. The van der Waals surface area contributed by atoms with E-state index in [1.165, 1.54) is 54.6 Å². The number of methoxy groups -OCH3 is 1. The summed E-state index contributed by atoms with van der Waals surface area (Å²) in [4.78, 5) is 2.68. The average Bonchev–Trinajstić information content (AvgIpc) is 2.84. The highest BCUT2D eigenvalue weighted by Crippen LogP contribution is 2.39.